The maximum atomic E-state index is 10.9. The Balaban J connectivity index is 2.53. The van der Waals surface area contributed by atoms with Gasteiger partial charge in [-0.1, -0.05) is 0 Å². The van der Waals surface area contributed by atoms with Crippen LogP contribution in [0.25, 0.3) is 6.08 Å². The van der Waals surface area contributed by atoms with Gasteiger partial charge in [-0.25, -0.2) is 9.78 Å². The van der Waals surface area contributed by atoms with Crippen molar-refractivity contribution in [2.24, 2.45) is 0 Å². The minimum Gasteiger partial charge on any atom is -0.463 e. The highest BCUT2D eigenvalue weighted by Gasteiger charge is 1.96. The zero-order valence-corrected chi connectivity index (χ0v) is 9.39. The third kappa shape index (κ3) is 3.69. The first-order chi connectivity index (χ1) is 6.22. The number of hydrogen-bond donors (Lipinski definition) is 0. The number of thiazole rings is 1. The Bertz CT molecular complexity index is 322. The number of nitrogens with zero attached hydrogens (tertiary/aromatic N) is 1. The normalized spacial score (nSPS) is 10.6. The monoisotopic (exact) mass is 261 g/mol. The molecular formula is C8H8BrNO2S. The molecule has 0 aliphatic rings. The van der Waals surface area contributed by atoms with Crippen LogP contribution in [0.5, 0.6) is 0 Å². The quantitative estimate of drug-likeness (QED) is 0.620. The van der Waals surface area contributed by atoms with Crippen LogP contribution in [0, 0.1) is 0 Å². The van der Waals surface area contributed by atoms with E-state index in [2.05, 4.69) is 20.9 Å². The Labute approximate surface area is 88.6 Å². The summed E-state index contributed by atoms with van der Waals surface area (Å²) in [4.78, 5) is 15.8. The molecule has 0 bridgehead atoms. The first-order valence-corrected chi connectivity index (χ1v) is 5.29. The second kappa shape index (κ2) is 5.14. The van der Waals surface area contributed by atoms with Crippen LogP contribution in [0.3, 0.4) is 0 Å². The molecule has 5 heteroatoms. The zero-order chi connectivity index (χ0) is 9.68. The van der Waals surface area contributed by atoms with Crippen molar-refractivity contribution in [2.45, 2.75) is 6.92 Å². The largest absolute Gasteiger partial charge is 0.463 e. The lowest BCUT2D eigenvalue weighted by molar-refractivity contribution is -0.137. The second-order valence-corrected chi connectivity index (χ2v) is 4.44. The van der Waals surface area contributed by atoms with Crippen molar-refractivity contribution in [1.82, 2.24) is 4.98 Å². The van der Waals surface area contributed by atoms with Crippen molar-refractivity contribution in [3.05, 3.63) is 21.1 Å². The van der Waals surface area contributed by atoms with E-state index in [1.807, 2.05) is 0 Å². The number of carbonyl (C=O) groups is 1. The third-order valence-corrected chi connectivity index (χ3v) is 2.61. The molecule has 70 valence electrons. The van der Waals surface area contributed by atoms with Gasteiger partial charge in [-0.3, -0.25) is 0 Å². The lowest BCUT2D eigenvalue weighted by Crippen LogP contribution is -1.98. The lowest BCUT2D eigenvalue weighted by atomic mass is 10.4. The zero-order valence-electron chi connectivity index (χ0n) is 6.99. The predicted octanol–water partition coefficient (Wildman–Crippen LogP) is 2.48. The summed E-state index contributed by atoms with van der Waals surface area (Å²) in [5.74, 6) is -0.327. The lowest BCUT2D eigenvalue weighted by Gasteiger charge is -1.92. The summed E-state index contributed by atoms with van der Waals surface area (Å²) in [6, 6.07) is 0. The summed E-state index contributed by atoms with van der Waals surface area (Å²) < 4.78 is 5.52. The van der Waals surface area contributed by atoms with Crippen molar-refractivity contribution in [2.75, 3.05) is 6.61 Å². The molecule has 0 saturated heterocycles. The summed E-state index contributed by atoms with van der Waals surface area (Å²) in [6.07, 6.45) is 4.76. The summed E-state index contributed by atoms with van der Waals surface area (Å²) in [5.41, 5.74) is 0. The molecule has 0 aromatic carbocycles. The molecule has 0 saturated carbocycles. The molecule has 0 unspecified atom stereocenters. The fourth-order valence-corrected chi connectivity index (χ4v) is 1.89. The topological polar surface area (TPSA) is 39.2 Å². The molecule has 0 aliphatic carbocycles. The van der Waals surface area contributed by atoms with Gasteiger partial charge in [-0.2, -0.15) is 0 Å². The highest BCUT2D eigenvalue weighted by atomic mass is 79.9. The van der Waals surface area contributed by atoms with Gasteiger partial charge in [0.2, 0.25) is 0 Å². The van der Waals surface area contributed by atoms with Crippen LogP contribution < -0.4 is 0 Å². The van der Waals surface area contributed by atoms with Gasteiger partial charge in [0, 0.05) is 17.2 Å². The van der Waals surface area contributed by atoms with Gasteiger partial charge < -0.3 is 4.74 Å². The summed E-state index contributed by atoms with van der Waals surface area (Å²) in [7, 11) is 0. The van der Waals surface area contributed by atoms with E-state index in [1.165, 1.54) is 17.4 Å². The van der Waals surface area contributed by atoms with E-state index in [0.29, 0.717) is 6.61 Å². The number of carbonyl (C=O) groups excluding carboxylic acids is 1. The summed E-state index contributed by atoms with van der Waals surface area (Å²) in [6.45, 7) is 2.17. The number of rotatable bonds is 3. The van der Waals surface area contributed by atoms with E-state index in [-0.39, 0.29) is 5.97 Å². The van der Waals surface area contributed by atoms with Crippen molar-refractivity contribution in [1.29, 1.82) is 0 Å². The van der Waals surface area contributed by atoms with Gasteiger partial charge in [-0.05, 0) is 28.9 Å². The van der Waals surface area contributed by atoms with Crippen molar-refractivity contribution >= 4 is 39.3 Å². The van der Waals surface area contributed by atoms with Crippen molar-refractivity contribution < 1.29 is 9.53 Å². The molecule has 0 aliphatic heterocycles. The summed E-state index contributed by atoms with van der Waals surface area (Å²) in [5, 5.41) is 0. The highest BCUT2D eigenvalue weighted by molar-refractivity contribution is 9.11. The molecule has 1 aromatic rings. The molecule has 0 N–H and O–H groups in total. The van der Waals surface area contributed by atoms with Gasteiger partial charge in [0.15, 0.2) is 3.92 Å². The molecule has 1 rings (SSSR count). The molecule has 0 spiro atoms. The average molecular weight is 262 g/mol. The molecule has 0 radical (unpaired) electrons. The fraction of sp³-hybridized carbons (Fsp3) is 0.250. The number of aromatic nitrogens is 1. The Kier molecular flexibility index (Phi) is 4.11. The van der Waals surface area contributed by atoms with Gasteiger partial charge in [0.05, 0.1) is 6.61 Å². The Morgan fingerprint density at radius 2 is 2.62 bits per heavy atom. The van der Waals surface area contributed by atoms with E-state index >= 15 is 0 Å². The smallest absolute Gasteiger partial charge is 0.330 e. The van der Waals surface area contributed by atoms with Gasteiger partial charge >= 0.3 is 5.97 Å². The van der Waals surface area contributed by atoms with E-state index in [4.69, 9.17) is 4.74 Å². The fourth-order valence-electron chi connectivity index (χ4n) is 0.682. The standard InChI is InChI=1S/C8H8BrNO2S/c1-2-12-7(11)4-3-6-5-10-8(9)13-6/h3-5H,2H2,1H3/b4-3+. The van der Waals surface area contributed by atoms with Crippen LogP contribution >= 0.6 is 27.3 Å². The minimum atomic E-state index is -0.327. The average Bonchev–Trinajstić information content (AvgIpc) is 2.49. The Morgan fingerprint density at radius 1 is 1.85 bits per heavy atom. The molecule has 0 fully saturated rings. The van der Waals surface area contributed by atoms with Crippen LogP contribution in [0.2, 0.25) is 0 Å². The van der Waals surface area contributed by atoms with Crippen LogP contribution in [0.4, 0.5) is 0 Å². The van der Waals surface area contributed by atoms with Crippen molar-refractivity contribution in [3.8, 4) is 0 Å². The second-order valence-electron chi connectivity index (χ2n) is 2.10. The van der Waals surface area contributed by atoms with Crippen LogP contribution in [0.1, 0.15) is 11.8 Å². The Morgan fingerprint density at radius 3 is 3.15 bits per heavy atom. The van der Waals surface area contributed by atoms with Crippen LogP contribution in [-0.4, -0.2) is 17.6 Å². The first kappa shape index (κ1) is 10.4. The van der Waals surface area contributed by atoms with E-state index in [1.54, 1.807) is 19.2 Å². The molecule has 13 heavy (non-hydrogen) atoms. The summed E-state index contributed by atoms with van der Waals surface area (Å²) >= 11 is 4.69. The molecule has 1 aromatic heterocycles. The van der Waals surface area contributed by atoms with E-state index in [0.717, 1.165) is 8.79 Å². The maximum absolute atomic E-state index is 10.9. The van der Waals surface area contributed by atoms with Crippen molar-refractivity contribution in [3.63, 3.8) is 0 Å². The molecule has 0 atom stereocenters. The van der Waals surface area contributed by atoms with E-state index < -0.39 is 0 Å². The van der Waals surface area contributed by atoms with Crippen LogP contribution in [-0.2, 0) is 9.53 Å². The van der Waals surface area contributed by atoms with Gasteiger partial charge in [-0.15, -0.1) is 11.3 Å². The predicted molar refractivity (Wildman–Crippen MR) is 55.5 cm³/mol. The number of halogens is 1. The first-order valence-electron chi connectivity index (χ1n) is 3.68. The van der Waals surface area contributed by atoms with Gasteiger partial charge in [0.25, 0.3) is 0 Å². The van der Waals surface area contributed by atoms with Gasteiger partial charge in [0.1, 0.15) is 0 Å². The number of esters is 1. The number of hydrogen-bond acceptors (Lipinski definition) is 4. The number of ether oxygens (including phenoxy) is 1. The highest BCUT2D eigenvalue weighted by Crippen LogP contribution is 2.19. The van der Waals surface area contributed by atoms with Crippen LogP contribution in [0.15, 0.2) is 16.2 Å². The SMILES string of the molecule is CCOC(=O)/C=C/c1cnc(Br)s1. The molecule has 3 nitrogen and oxygen atoms in total. The molecular weight excluding hydrogens is 254 g/mol. The molecule has 0 amide bonds. The van der Waals surface area contributed by atoms with E-state index in [9.17, 15) is 4.79 Å². The maximum Gasteiger partial charge on any atom is 0.330 e. The minimum absolute atomic E-state index is 0.327. The third-order valence-electron chi connectivity index (χ3n) is 1.17. The molecule has 1 heterocycles. The Hall–Kier alpha value is -0.680.